The van der Waals surface area contributed by atoms with Crippen molar-refractivity contribution in [3.05, 3.63) is 84.6 Å². The van der Waals surface area contributed by atoms with Crippen molar-refractivity contribution in [3.63, 3.8) is 0 Å². The van der Waals surface area contributed by atoms with Gasteiger partial charge in [0.1, 0.15) is 12.0 Å². The smallest absolute Gasteiger partial charge is 0.277 e. The Bertz CT molecular complexity index is 1690. The highest BCUT2D eigenvalue weighted by atomic mass is 32.2. The van der Waals surface area contributed by atoms with E-state index in [1.165, 1.54) is 13.4 Å². The fraction of sp³-hybridized carbons (Fsp3) is 0.154. The van der Waals surface area contributed by atoms with Gasteiger partial charge in [0.2, 0.25) is 5.89 Å². The van der Waals surface area contributed by atoms with E-state index in [-0.39, 0.29) is 11.4 Å². The van der Waals surface area contributed by atoms with E-state index in [0.29, 0.717) is 34.3 Å². The van der Waals surface area contributed by atoms with Gasteiger partial charge in [-0.15, -0.1) is 0 Å². The number of carbonyl (C=O) groups excluding carboxylic acids is 1. The Kier molecular flexibility index (Phi) is 6.45. The van der Waals surface area contributed by atoms with Crippen molar-refractivity contribution in [1.29, 1.82) is 4.78 Å². The number of hydrogen-bond acceptors (Lipinski definition) is 8. The first-order valence-corrected chi connectivity index (χ1v) is 13.1. The molecule has 0 aliphatic heterocycles. The predicted octanol–water partition coefficient (Wildman–Crippen LogP) is 4.76. The van der Waals surface area contributed by atoms with E-state index in [1.807, 2.05) is 19.1 Å². The van der Waals surface area contributed by atoms with Crippen molar-refractivity contribution in [1.82, 2.24) is 19.7 Å². The van der Waals surface area contributed by atoms with E-state index >= 15 is 0 Å². The number of hydrogen-bond donors (Lipinski definition) is 2. The van der Waals surface area contributed by atoms with Crippen LogP contribution in [-0.4, -0.2) is 42.7 Å². The number of nitrogens with zero attached hydrogens (tertiary/aromatic N) is 4. The summed E-state index contributed by atoms with van der Waals surface area (Å²) >= 11 is 0. The second-order valence-electron chi connectivity index (χ2n) is 8.37. The molecule has 37 heavy (non-hydrogen) atoms. The first-order chi connectivity index (χ1) is 17.8. The molecular formula is C26H24N6O4S. The maximum absolute atomic E-state index is 12.9. The molecule has 0 fully saturated rings. The van der Waals surface area contributed by atoms with Gasteiger partial charge in [-0.25, -0.2) is 14.0 Å². The second-order valence-corrected chi connectivity index (χ2v) is 10.6. The van der Waals surface area contributed by atoms with Crippen LogP contribution in [0.4, 0.5) is 5.69 Å². The van der Waals surface area contributed by atoms with Gasteiger partial charge in [-0.2, -0.15) is 5.10 Å². The largest absolute Gasteiger partial charge is 0.494 e. The Morgan fingerprint density at radius 2 is 2.00 bits per heavy atom. The molecule has 0 aliphatic rings. The lowest BCUT2D eigenvalue weighted by molar-refractivity contribution is 0.102. The number of oxazole rings is 1. The Labute approximate surface area is 213 Å². The van der Waals surface area contributed by atoms with Crippen LogP contribution in [0.25, 0.3) is 22.4 Å². The quantitative estimate of drug-likeness (QED) is 0.303. The van der Waals surface area contributed by atoms with E-state index < -0.39 is 15.6 Å². The van der Waals surface area contributed by atoms with E-state index in [4.69, 9.17) is 13.9 Å². The summed E-state index contributed by atoms with van der Waals surface area (Å²) in [6.07, 6.45) is 4.73. The minimum Gasteiger partial charge on any atom is -0.494 e. The third kappa shape index (κ3) is 5.21. The van der Waals surface area contributed by atoms with Gasteiger partial charge >= 0.3 is 0 Å². The lowest BCUT2D eigenvalue weighted by Gasteiger charge is -2.09. The molecule has 0 aliphatic carbocycles. The fourth-order valence-electron chi connectivity index (χ4n) is 3.84. The first kappa shape index (κ1) is 24.2. The first-order valence-electron chi connectivity index (χ1n) is 11.4. The van der Waals surface area contributed by atoms with Crippen LogP contribution in [-0.2, 0) is 16.3 Å². The summed E-state index contributed by atoms with van der Waals surface area (Å²) in [5.41, 5.74) is 2.74. The van der Waals surface area contributed by atoms with Crippen LogP contribution in [0.3, 0.4) is 0 Å². The number of fused-ring (bicyclic) bond motifs is 1. The van der Waals surface area contributed by atoms with Gasteiger partial charge in [-0.1, -0.05) is 18.2 Å². The zero-order valence-corrected chi connectivity index (χ0v) is 21.0. The minimum atomic E-state index is -2.95. The Balaban J connectivity index is 1.34. The molecule has 5 rings (SSSR count). The van der Waals surface area contributed by atoms with Gasteiger partial charge in [0.05, 0.1) is 40.3 Å². The molecule has 0 saturated carbocycles. The van der Waals surface area contributed by atoms with Crippen molar-refractivity contribution in [3.8, 4) is 17.2 Å². The number of nitrogens with one attached hydrogen (secondary N) is 2. The lowest BCUT2D eigenvalue weighted by Crippen LogP contribution is -2.13. The van der Waals surface area contributed by atoms with Crippen LogP contribution in [0.15, 0.2) is 82.6 Å². The highest BCUT2D eigenvalue weighted by Crippen LogP contribution is 2.30. The molecule has 0 saturated heterocycles. The van der Waals surface area contributed by atoms with Crippen LogP contribution in [0, 0.1) is 11.7 Å². The molecule has 0 radical (unpaired) electrons. The number of methoxy groups -OCH3 is 1. The van der Waals surface area contributed by atoms with Crippen LogP contribution < -0.4 is 10.1 Å². The predicted molar refractivity (Wildman–Crippen MR) is 139 cm³/mol. The van der Waals surface area contributed by atoms with Crippen LogP contribution in [0.5, 0.6) is 5.75 Å². The maximum atomic E-state index is 12.9. The topological polar surface area (TPSA) is 136 Å². The summed E-state index contributed by atoms with van der Waals surface area (Å²) in [4.78, 5) is 21.9. The number of benzene rings is 2. The summed E-state index contributed by atoms with van der Waals surface area (Å²) in [6, 6.07) is 15.8. The Morgan fingerprint density at radius 1 is 1.19 bits per heavy atom. The molecule has 1 atom stereocenters. The highest BCUT2D eigenvalue weighted by molar-refractivity contribution is 7.92. The van der Waals surface area contributed by atoms with Gasteiger partial charge < -0.3 is 14.5 Å². The number of carbonyl (C=O) groups is 1. The molecule has 11 heteroatoms. The standard InChI is InChI=1S/C26H24N6O4S/c1-17-12-18(8-9-28-17)26-30-23(16-36-26)25(33)29-22-13-19-15-32(31-21(19)14-24(22)35-2)10-11-37(27,34)20-6-4-3-5-7-20/h3-9,12-16,27H,10-11H2,1-2H3,(H,29,33). The van der Waals surface area contributed by atoms with Crippen molar-refractivity contribution >= 4 is 32.2 Å². The monoisotopic (exact) mass is 516 g/mol. The average Bonchev–Trinajstić information content (AvgIpc) is 3.55. The molecule has 0 spiro atoms. The molecule has 1 unspecified atom stereocenters. The zero-order chi connectivity index (χ0) is 26.0. The number of amides is 1. The molecular weight excluding hydrogens is 492 g/mol. The molecule has 2 N–H and O–H groups in total. The van der Waals surface area contributed by atoms with Crippen LogP contribution in [0.1, 0.15) is 16.2 Å². The molecule has 0 bridgehead atoms. The zero-order valence-electron chi connectivity index (χ0n) is 20.2. The van der Waals surface area contributed by atoms with Crippen molar-refractivity contribution in [2.24, 2.45) is 0 Å². The van der Waals surface area contributed by atoms with E-state index in [0.717, 1.165) is 16.6 Å². The summed E-state index contributed by atoms with van der Waals surface area (Å²) in [7, 11) is -1.44. The van der Waals surface area contributed by atoms with E-state index in [9.17, 15) is 9.00 Å². The van der Waals surface area contributed by atoms with E-state index in [2.05, 4.69) is 20.4 Å². The third-order valence-electron chi connectivity index (χ3n) is 5.73. The highest BCUT2D eigenvalue weighted by Gasteiger charge is 2.18. The summed E-state index contributed by atoms with van der Waals surface area (Å²) < 4.78 is 33.7. The van der Waals surface area contributed by atoms with Crippen LogP contribution in [0.2, 0.25) is 0 Å². The number of ether oxygens (including phenoxy) is 1. The van der Waals surface area contributed by atoms with Crippen molar-refractivity contribution in [2.45, 2.75) is 18.4 Å². The fourth-order valence-corrected chi connectivity index (χ4v) is 5.12. The van der Waals surface area contributed by atoms with Gasteiger partial charge in [0.25, 0.3) is 5.91 Å². The number of aromatic nitrogens is 4. The Morgan fingerprint density at radius 3 is 2.76 bits per heavy atom. The maximum Gasteiger partial charge on any atom is 0.277 e. The molecule has 5 aromatic rings. The SMILES string of the molecule is COc1cc2nn(CCS(=N)(=O)c3ccccc3)cc2cc1NC(=O)c1coc(-c2ccnc(C)c2)n1. The third-order valence-corrected chi connectivity index (χ3v) is 7.52. The molecule has 3 heterocycles. The Hall–Kier alpha value is -4.51. The van der Waals surface area contributed by atoms with Gasteiger partial charge in [0.15, 0.2) is 5.69 Å². The summed E-state index contributed by atoms with van der Waals surface area (Å²) in [5, 5.41) is 8.09. The molecule has 3 aromatic heterocycles. The molecule has 10 nitrogen and oxygen atoms in total. The average molecular weight is 517 g/mol. The lowest BCUT2D eigenvalue weighted by atomic mass is 10.2. The number of aryl methyl sites for hydroxylation is 2. The van der Waals surface area contributed by atoms with Gasteiger partial charge in [-0.05, 0) is 37.3 Å². The number of rotatable bonds is 8. The second kappa shape index (κ2) is 9.86. The number of anilines is 1. The number of pyridine rings is 1. The van der Waals surface area contributed by atoms with Crippen molar-refractivity contribution in [2.75, 3.05) is 18.2 Å². The van der Waals surface area contributed by atoms with Crippen LogP contribution >= 0.6 is 0 Å². The summed E-state index contributed by atoms with van der Waals surface area (Å²) in [6.45, 7) is 2.16. The van der Waals surface area contributed by atoms with Crippen molar-refractivity contribution < 1.29 is 18.2 Å². The minimum absolute atomic E-state index is 0.119. The molecule has 188 valence electrons. The van der Waals surface area contributed by atoms with Gasteiger partial charge in [-0.3, -0.25) is 14.5 Å². The van der Waals surface area contributed by atoms with Gasteiger partial charge in [0, 0.05) is 40.0 Å². The van der Waals surface area contributed by atoms with E-state index in [1.54, 1.807) is 59.5 Å². The molecule has 1 amide bonds. The normalized spacial score (nSPS) is 12.8. The summed E-state index contributed by atoms with van der Waals surface area (Å²) in [5.74, 6) is 0.411. The molecule has 2 aromatic carbocycles.